The Morgan fingerprint density at radius 2 is 2.00 bits per heavy atom. The second-order valence-corrected chi connectivity index (χ2v) is 4.01. The molecule has 0 saturated heterocycles. The average Bonchev–Trinajstić information content (AvgIpc) is 3.00. The lowest BCUT2D eigenvalue weighted by atomic mass is 9.90. The van der Waals surface area contributed by atoms with Gasteiger partial charge in [0.15, 0.2) is 5.78 Å². The third-order valence-corrected chi connectivity index (χ3v) is 3.01. The van der Waals surface area contributed by atoms with Crippen molar-refractivity contribution in [2.75, 3.05) is 5.73 Å². The Morgan fingerprint density at radius 3 is 2.47 bits per heavy atom. The fraction of sp³-hybridized carbons (Fsp3) is 0.308. The van der Waals surface area contributed by atoms with E-state index < -0.39 is 0 Å². The van der Waals surface area contributed by atoms with Gasteiger partial charge in [0.1, 0.15) is 0 Å². The Balaban J connectivity index is 2.27. The van der Waals surface area contributed by atoms with Crippen LogP contribution in [0.15, 0.2) is 24.3 Å². The van der Waals surface area contributed by atoms with Crippen LogP contribution in [0.2, 0.25) is 0 Å². The molecular formula is C13H13NO. The third kappa shape index (κ3) is 1.61. The van der Waals surface area contributed by atoms with E-state index in [0.29, 0.717) is 0 Å². The molecule has 0 unspecified atom stereocenters. The highest BCUT2D eigenvalue weighted by atomic mass is 16.1. The van der Waals surface area contributed by atoms with E-state index in [1.165, 1.54) is 0 Å². The standard InChI is InChI=1S/C13H13NO/c1-2-3-12(15)13(8-9-13)10-4-6-11(14)7-5-10/h1,4-7H,3,8-9,14H2. The molecule has 1 aromatic carbocycles. The summed E-state index contributed by atoms with van der Waals surface area (Å²) in [7, 11) is 0. The molecule has 0 bridgehead atoms. The zero-order valence-corrected chi connectivity index (χ0v) is 8.49. The van der Waals surface area contributed by atoms with Crippen molar-refractivity contribution in [3.8, 4) is 12.3 Å². The number of ketones is 1. The van der Waals surface area contributed by atoms with Gasteiger partial charge in [0.05, 0.1) is 11.8 Å². The van der Waals surface area contributed by atoms with Crippen molar-refractivity contribution in [3.63, 3.8) is 0 Å². The van der Waals surface area contributed by atoms with E-state index in [1.807, 2.05) is 24.3 Å². The fourth-order valence-corrected chi connectivity index (χ4v) is 1.92. The number of carbonyl (C=O) groups is 1. The lowest BCUT2D eigenvalue weighted by Gasteiger charge is -2.12. The second kappa shape index (κ2) is 3.43. The maximum Gasteiger partial charge on any atom is 0.155 e. The van der Waals surface area contributed by atoms with Gasteiger partial charge in [-0.15, -0.1) is 6.42 Å². The number of nitrogens with two attached hydrogens (primary N) is 1. The molecule has 0 spiro atoms. The topological polar surface area (TPSA) is 43.1 Å². The third-order valence-electron chi connectivity index (χ3n) is 3.01. The van der Waals surface area contributed by atoms with Crippen LogP contribution in [0.25, 0.3) is 0 Å². The quantitative estimate of drug-likeness (QED) is 0.596. The molecule has 0 radical (unpaired) electrons. The Morgan fingerprint density at radius 1 is 1.40 bits per heavy atom. The summed E-state index contributed by atoms with van der Waals surface area (Å²) >= 11 is 0. The first-order valence-electron chi connectivity index (χ1n) is 5.02. The summed E-state index contributed by atoms with van der Waals surface area (Å²) in [4.78, 5) is 11.8. The van der Waals surface area contributed by atoms with Gasteiger partial charge in [-0.05, 0) is 30.5 Å². The molecule has 2 heteroatoms. The van der Waals surface area contributed by atoms with Gasteiger partial charge in [0, 0.05) is 5.69 Å². The van der Waals surface area contributed by atoms with Crippen LogP contribution in [0.4, 0.5) is 5.69 Å². The van der Waals surface area contributed by atoms with Crippen molar-refractivity contribution in [2.45, 2.75) is 24.7 Å². The zero-order valence-electron chi connectivity index (χ0n) is 8.49. The molecule has 1 aliphatic rings. The first kappa shape index (κ1) is 9.79. The van der Waals surface area contributed by atoms with E-state index >= 15 is 0 Å². The number of anilines is 1. The molecule has 76 valence electrons. The molecule has 0 aromatic heterocycles. The molecule has 2 N–H and O–H groups in total. The van der Waals surface area contributed by atoms with Gasteiger partial charge >= 0.3 is 0 Å². The van der Waals surface area contributed by atoms with E-state index in [1.54, 1.807) is 0 Å². The van der Waals surface area contributed by atoms with Crippen LogP contribution in [0.3, 0.4) is 0 Å². The van der Waals surface area contributed by atoms with Crippen LogP contribution in [0, 0.1) is 12.3 Å². The van der Waals surface area contributed by atoms with Crippen LogP contribution in [0.1, 0.15) is 24.8 Å². The highest BCUT2D eigenvalue weighted by Crippen LogP contribution is 2.49. The monoisotopic (exact) mass is 199 g/mol. The highest BCUT2D eigenvalue weighted by Gasteiger charge is 2.49. The number of Topliss-reactive ketones (excluding diaryl/α,β-unsaturated/α-hetero) is 1. The van der Waals surface area contributed by atoms with Gasteiger partial charge in [0.2, 0.25) is 0 Å². The van der Waals surface area contributed by atoms with Crippen molar-refractivity contribution in [2.24, 2.45) is 0 Å². The number of nitrogen functional groups attached to an aromatic ring is 1. The number of hydrogen-bond acceptors (Lipinski definition) is 2. The van der Waals surface area contributed by atoms with E-state index in [4.69, 9.17) is 12.2 Å². The van der Waals surface area contributed by atoms with Crippen molar-refractivity contribution in [1.29, 1.82) is 0 Å². The average molecular weight is 199 g/mol. The molecule has 0 atom stereocenters. The second-order valence-electron chi connectivity index (χ2n) is 4.01. The Labute approximate surface area is 89.5 Å². The van der Waals surface area contributed by atoms with E-state index in [9.17, 15) is 4.79 Å². The Bertz CT molecular complexity index is 421. The molecule has 1 fully saturated rings. The molecule has 2 rings (SSSR count). The van der Waals surface area contributed by atoms with Crippen molar-refractivity contribution < 1.29 is 4.79 Å². The lowest BCUT2D eigenvalue weighted by Crippen LogP contribution is -2.19. The molecule has 15 heavy (non-hydrogen) atoms. The number of carbonyl (C=O) groups excluding carboxylic acids is 1. The smallest absolute Gasteiger partial charge is 0.155 e. The fourth-order valence-electron chi connectivity index (χ4n) is 1.92. The maximum atomic E-state index is 11.8. The molecule has 1 aromatic rings. The van der Waals surface area contributed by atoms with Crippen LogP contribution in [0.5, 0.6) is 0 Å². The largest absolute Gasteiger partial charge is 0.399 e. The Hall–Kier alpha value is -1.75. The summed E-state index contributed by atoms with van der Waals surface area (Å²) in [5.74, 6) is 2.58. The van der Waals surface area contributed by atoms with Gasteiger partial charge in [-0.25, -0.2) is 0 Å². The zero-order chi connectivity index (χ0) is 10.9. The lowest BCUT2D eigenvalue weighted by molar-refractivity contribution is -0.120. The Kier molecular flexibility index (Phi) is 2.24. The van der Waals surface area contributed by atoms with Crippen molar-refractivity contribution in [1.82, 2.24) is 0 Å². The summed E-state index contributed by atoms with van der Waals surface area (Å²) in [6.45, 7) is 0. The van der Waals surface area contributed by atoms with Crippen LogP contribution in [-0.2, 0) is 10.2 Å². The molecule has 0 aliphatic heterocycles. The van der Waals surface area contributed by atoms with E-state index in [2.05, 4.69) is 5.92 Å². The normalized spacial score (nSPS) is 16.7. The van der Waals surface area contributed by atoms with Gasteiger partial charge in [-0.3, -0.25) is 4.79 Å². The van der Waals surface area contributed by atoms with Gasteiger partial charge < -0.3 is 5.73 Å². The summed E-state index contributed by atoms with van der Waals surface area (Å²) in [5.41, 5.74) is 7.09. The minimum Gasteiger partial charge on any atom is -0.399 e. The molecular weight excluding hydrogens is 186 g/mol. The summed E-state index contributed by atoms with van der Waals surface area (Å²) < 4.78 is 0. The minimum absolute atomic E-state index is 0.162. The predicted octanol–water partition coefficient (Wildman–Crippen LogP) is 1.89. The van der Waals surface area contributed by atoms with Crippen LogP contribution in [-0.4, -0.2) is 5.78 Å². The molecule has 1 aliphatic carbocycles. The summed E-state index contributed by atoms with van der Waals surface area (Å²) in [6, 6.07) is 7.52. The number of terminal acetylenes is 1. The maximum absolute atomic E-state index is 11.8. The first-order chi connectivity index (χ1) is 7.19. The van der Waals surface area contributed by atoms with Crippen molar-refractivity contribution >= 4 is 11.5 Å². The number of benzene rings is 1. The van der Waals surface area contributed by atoms with E-state index in [-0.39, 0.29) is 17.6 Å². The first-order valence-corrected chi connectivity index (χ1v) is 5.02. The molecule has 0 amide bonds. The van der Waals surface area contributed by atoms with Gasteiger partial charge in [0.25, 0.3) is 0 Å². The highest BCUT2D eigenvalue weighted by molar-refractivity contribution is 5.94. The van der Waals surface area contributed by atoms with Crippen molar-refractivity contribution in [3.05, 3.63) is 29.8 Å². The van der Waals surface area contributed by atoms with Crippen LogP contribution >= 0.6 is 0 Å². The molecule has 1 saturated carbocycles. The minimum atomic E-state index is -0.292. The SMILES string of the molecule is C#CCC(=O)C1(c2ccc(N)cc2)CC1. The number of hydrogen-bond donors (Lipinski definition) is 1. The molecule has 0 heterocycles. The van der Waals surface area contributed by atoms with Gasteiger partial charge in [-0.2, -0.15) is 0 Å². The number of rotatable bonds is 3. The molecule has 2 nitrogen and oxygen atoms in total. The van der Waals surface area contributed by atoms with Gasteiger partial charge in [-0.1, -0.05) is 18.1 Å². The summed E-state index contributed by atoms with van der Waals surface area (Å²) in [6.07, 6.45) is 7.22. The van der Waals surface area contributed by atoms with Crippen LogP contribution < -0.4 is 5.73 Å². The summed E-state index contributed by atoms with van der Waals surface area (Å²) in [5, 5.41) is 0. The van der Waals surface area contributed by atoms with E-state index in [0.717, 1.165) is 24.1 Å². The predicted molar refractivity (Wildman–Crippen MR) is 60.2 cm³/mol.